The average molecular weight is 236 g/mol. The van der Waals surface area contributed by atoms with Gasteiger partial charge in [0.15, 0.2) is 0 Å². The van der Waals surface area contributed by atoms with Crippen LogP contribution in [0.4, 0.5) is 0 Å². The zero-order valence-corrected chi connectivity index (χ0v) is 9.54. The molecule has 1 aromatic rings. The van der Waals surface area contributed by atoms with Crippen LogP contribution in [0.3, 0.4) is 0 Å². The molecule has 4 heteroatoms. The first-order chi connectivity index (χ1) is 8.24. The number of ether oxygens (including phenoxy) is 2. The highest BCUT2D eigenvalue weighted by Crippen LogP contribution is 2.15. The SMILES string of the molecule is O=C(O)CC1COCC(Cc2ccccc2)O1. The highest BCUT2D eigenvalue weighted by Gasteiger charge is 2.24. The van der Waals surface area contributed by atoms with Crippen LogP contribution in [0.5, 0.6) is 0 Å². The third kappa shape index (κ3) is 3.84. The smallest absolute Gasteiger partial charge is 0.306 e. The van der Waals surface area contributed by atoms with E-state index in [0.717, 1.165) is 6.42 Å². The molecule has 2 unspecified atom stereocenters. The summed E-state index contributed by atoms with van der Waals surface area (Å²) in [7, 11) is 0. The molecule has 0 aromatic heterocycles. The quantitative estimate of drug-likeness (QED) is 0.860. The Morgan fingerprint density at radius 2 is 1.94 bits per heavy atom. The molecular weight excluding hydrogens is 220 g/mol. The fourth-order valence-electron chi connectivity index (χ4n) is 1.97. The van der Waals surface area contributed by atoms with Gasteiger partial charge in [-0.2, -0.15) is 0 Å². The Kier molecular flexibility index (Phi) is 4.12. The largest absolute Gasteiger partial charge is 0.481 e. The van der Waals surface area contributed by atoms with Crippen molar-refractivity contribution < 1.29 is 19.4 Å². The fourth-order valence-corrected chi connectivity index (χ4v) is 1.97. The van der Waals surface area contributed by atoms with Crippen molar-refractivity contribution in [2.75, 3.05) is 13.2 Å². The maximum absolute atomic E-state index is 10.6. The number of hydrogen-bond donors (Lipinski definition) is 1. The molecule has 1 aliphatic heterocycles. The summed E-state index contributed by atoms with van der Waals surface area (Å²) in [6.45, 7) is 0.905. The van der Waals surface area contributed by atoms with Gasteiger partial charge in [0.2, 0.25) is 0 Å². The Morgan fingerprint density at radius 1 is 1.24 bits per heavy atom. The summed E-state index contributed by atoms with van der Waals surface area (Å²) in [5, 5.41) is 8.71. The van der Waals surface area contributed by atoms with Gasteiger partial charge in [-0.25, -0.2) is 0 Å². The minimum Gasteiger partial charge on any atom is -0.481 e. The van der Waals surface area contributed by atoms with Crippen molar-refractivity contribution in [2.24, 2.45) is 0 Å². The molecule has 17 heavy (non-hydrogen) atoms. The molecule has 2 rings (SSSR count). The van der Waals surface area contributed by atoms with Crippen LogP contribution >= 0.6 is 0 Å². The molecule has 0 bridgehead atoms. The van der Waals surface area contributed by atoms with Crippen LogP contribution in [0.15, 0.2) is 30.3 Å². The van der Waals surface area contributed by atoms with Crippen LogP contribution in [0, 0.1) is 0 Å². The Bertz CT molecular complexity index is 363. The highest BCUT2D eigenvalue weighted by atomic mass is 16.6. The second-order valence-corrected chi connectivity index (χ2v) is 4.21. The third-order valence-corrected chi connectivity index (χ3v) is 2.70. The van der Waals surface area contributed by atoms with E-state index in [9.17, 15) is 4.79 Å². The zero-order chi connectivity index (χ0) is 12.1. The highest BCUT2D eigenvalue weighted by molar-refractivity contribution is 5.67. The molecule has 0 saturated carbocycles. The predicted molar refractivity (Wildman–Crippen MR) is 61.9 cm³/mol. The van der Waals surface area contributed by atoms with E-state index >= 15 is 0 Å². The first kappa shape index (κ1) is 12.1. The van der Waals surface area contributed by atoms with Gasteiger partial charge in [0.05, 0.1) is 31.8 Å². The summed E-state index contributed by atoms with van der Waals surface area (Å²) < 4.78 is 11.1. The summed E-state index contributed by atoms with van der Waals surface area (Å²) in [4.78, 5) is 10.6. The van der Waals surface area contributed by atoms with Crippen LogP contribution in [0.1, 0.15) is 12.0 Å². The second kappa shape index (κ2) is 5.80. The van der Waals surface area contributed by atoms with E-state index in [4.69, 9.17) is 14.6 Å². The molecule has 1 aliphatic rings. The van der Waals surface area contributed by atoms with Crippen molar-refractivity contribution in [1.29, 1.82) is 0 Å². The van der Waals surface area contributed by atoms with Gasteiger partial charge in [0.25, 0.3) is 0 Å². The van der Waals surface area contributed by atoms with Gasteiger partial charge < -0.3 is 14.6 Å². The maximum atomic E-state index is 10.6. The number of aliphatic carboxylic acids is 1. The molecule has 1 heterocycles. The van der Waals surface area contributed by atoms with Gasteiger partial charge >= 0.3 is 5.97 Å². The number of rotatable bonds is 4. The van der Waals surface area contributed by atoms with Gasteiger partial charge in [0, 0.05) is 6.42 Å². The van der Waals surface area contributed by atoms with Gasteiger partial charge in [-0.05, 0) is 5.56 Å². The van der Waals surface area contributed by atoms with Crippen molar-refractivity contribution in [1.82, 2.24) is 0 Å². The normalized spacial score (nSPS) is 24.5. The average Bonchev–Trinajstić information content (AvgIpc) is 2.30. The molecular formula is C13H16O4. The number of carboxylic acids is 1. The number of benzene rings is 1. The maximum Gasteiger partial charge on any atom is 0.306 e. The summed E-state index contributed by atoms with van der Waals surface area (Å²) >= 11 is 0. The minimum absolute atomic E-state index is 0.00525. The first-order valence-electron chi connectivity index (χ1n) is 5.73. The van der Waals surface area contributed by atoms with Gasteiger partial charge in [0.1, 0.15) is 0 Å². The predicted octanol–water partition coefficient (Wildman–Crippen LogP) is 1.49. The van der Waals surface area contributed by atoms with Crippen molar-refractivity contribution in [3.8, 4) is 0 Å². The lowest BCUT2D eigenvalue weighted by atomic mass is 10.1. The van der Waals surface area contributed by atoms with Crippen molar-refractivity contribution in [3.63, 3.8) is 0 Å². The third-order valence-electron chi connectivity index (χ3n) is 2.70. The Morgan fingerprint density at radius 3 is 2.65 bits per heavy atom. The van der Waals surface area contributed by atoms with E-state index in [-0.39, 0.29) is 18.6 Å². The van der Waals surface area contributed by atoms with E-state index < -0.39 is 5.97 Å². The zero-order valence-electron chi connectivity index (χ0n) is 9.54. The van der Waals surface area contributed by atoms with Crippen LogP contribution in [0.2, 0.25) is 0 Å². The van der Waals surface area contributed by atoms with Gasteiger partial charge in [-0.15, -0.1) is 0 Å². The van der Waals surface area contributed by atoms with Crippen LogP contribution in [-0.2, 0) is 20.7 Å². The molecule has 2 atom stereocenters. The number of carboxylic acid groups (broad SMARTS) is 1. The topological polar surface area (TPSA) is 55.8 Å². The van der Waals surface area contributed by atoms with Crippen molar-refractivity contribution >= 4 is 5.97 Å². The van der Waals surface area contributed by atoms with E-state index in [0.29, 0.717) is 13.2 Å². The van der Waals surface area contributed by atoms with Gasteiger partial charge in [-0.1, -0.05) is 30.3 Å². The molecule has 1 saturated heterocycles. The number of carbonyl (C=O) groups is 1. The molecule has 0 amide bonds. The van der Waals surface area contributed by atoms with Crippen molar-refractivity contribution in [2.45, 2.75) is 25.0 Å². The Hall–Kier alpha value is -1.39. The molecule has 1 aromatic carbocycles. The van der Waals surface area contributed by atoms with E-state index in [1.165, 1.54) is 5.56 Å². The van der Waals surface area contributed by atoms with Crippen LogP contribution in [-0.4, -0.2) is 36.5 Å². The molecule has 0 aliphatic carbocycles. The summed E-state index contributed by atoms with van der Waals surface area (Å²) in [5.41, 5.74) is 1.18. The number of hydrogen-bond acceptors (Lipinski definition) is 3. The van der Waals surface area contributed by atoms with Crippen LogP contribution in [0.25, 0.3) is 0 Å². The molecule has 0 spiro atoms. The summed E-state index contributed by atoms with van der Waals surface area (Å²) in [6.07, 6.45) is 0.396. The molecule has 92 valence electrons. The molecule has 1 fully saturated rings. The van der Waals surface area contributed by atoms with Gasteiger partial charge in [-0.3, -0.25) is 4.79 Å². The van der Waals surface area contributed by atoms with E-state index in [1.807, 2.05) is 30.3 Å². The summed E-state index contributed by atoms with van der Waals surface area (Å²) in [6, 6.07) is 9.99. The fraction of sp³-hybridized carbons (Fsp3) is 0.462. The van der Waals surface area contributed by atoms with Crippen LogP contribution < -0.4 is 0 Å². The Labute approximate surface area is 100 Å². The first-order valence-corrected chi connectivity index (χ1v) is 5.73. The van der Waals surface area contributed by atoms with E-state index in [1.54, 1.807) is 0 Å². The lowest BCUT2D eigenvalue weighted by Crippen LogP contribution is -2.38. The summed E-state index contributed by atoms with van der Waals surface area (Å²) in [5.74, 6) is -0.848. The standard InChI is InChI=1S/C13H16O4/c14-13(15)7-12-9-16-8-11(17-12)6-10-4-2-1-3-5-10/h1-5,11-12H,6-9H2,(H,14,15). The Balaban J connectivity index is 1.87. The molecule has 0 radical (unpaired) electrons. The molecule has 1 N–H and O–H groups in total. The lowest BCUT2D eigenvalue weighted by molar-refractivity contribution is -0.158. The monoisotopic (exact) mass is 236 g/mol. The second-order valence-electron chi connectivity index (χ2n) is 4.21. The molecule has 4 nitrogen and oxygen atoms in total. The lowest BCUT2D eigenvalue weighted by Gasteiger charge is -2.29. The minimum atomic E-state index is -0.848. The van der Waals surface area contributed by atoms with E-state index in [2.05, 4.69) is 0 Å². The van der Waals surface area contributed by atoms with Crippen molar-refractivity contribution in [3.05, 3.63) is 35.9 Å².